The van der Waals surface area contributed by atoms with Crippen molar-refractivity contribution in [2.24, 2.45) is 5.41 Å². The molecule has 10 heteroatoms. The molecular formula is C27H40N4O6. The Morgan fingerprint density at radius 1 is 0.622 bits per heavy atom. The molecule has 1 atom stereocenters. The number of esters is 1. The highest BCUT2D eigenvalue weighted by atomic mass is 16.5. The number of ether oxygens (including phenoxy) is 1. The number of carbonyl (C=O) groups is 5. The van der Waals surface area contributed by atoms with Crippen LogP contribution in [-0.2, 0) is 35.1 Å². The second-order valence-corrected chi connectivity index (χ2v) is 12.1. The third-order valence-electron chi connectivity index (χ3n) is 6.40. The van der Waals surface area contributed by atoms with E-state index in [-0.39, 0.29) is 13.0 Å². The summed E-state index contributed by atoms with van der Waals surface area (Å²) in [6, 6.07) is 9.11. The van der Waals surface area contributed by atoms with E-state index in [9.17, 15) is 24.0 Å². The molecule has 0 aromatic heterocycles. The lowest BCUT2D eigenvalue weighted by Gasteiger charge is -2.38. The summed E-state index contributed by atoms with van der Waals surface area (Å²) in [6.45, 7) is 13.4. The van der Waals surface area contributed by atoms with Crippen molar-refractivity contribution in [3.63, 3.8) is 0 Å². The van der Waals surface area contributed by atoms with E-state index in [0.717, 1.165) is 5.56 Å². The summed E-state index contributed by atoms with van der Waals surface area (Å²) in [5.41, 5.74) is -6.18. The number of carbonyl (C=O) groups excluding carboxylic acids is 5. The van der Waals surface area contributed by atoms with Gasteiger partial charge < -0.3 is 26.0 Å². The molecule has 0 radical (unpaired) electrons. The van der Waals surface area contributed by atoms with Crippen LogP contribution in [0.5, 0.6) is 0 Å². The van der Waals surface area contributed by atoms with Crippen LogP contribution in [0.1, 0.15) is 67.9 Å². The van der Waals surface area contributed by atoms with E-state index in [2.05, 4.69) is 21.3 Å². The fourth-order valence-electron chi connectivity index (χ4n) is 3.55. The molecule has 0 bridgehead atoms. The minimum atomic E-state index is -1.51. The molecule has 1 fully saturated rings. The van der Waals surface area contributed by atoms with E-state index >= 15 is 0 Å². The van der Waals surface area contributed by atoms with Gasteiger partial charge in [0.15, 0.2) is 0 Å². The number of benzene rings is 1. The number of cyclic esters (lactones) is 1. The Bertz CT molecular complexity index is 1080. The maximum atomic E-state index is 13.4. The van der Waals surface area contributed by atoms with Gasteiger partial charge in [-0.3, -0.25) is 19.2 Å². The van der Waals surface area contributed by atoms with Crippen LogP contribution in [0, 0.1) is 5.41 Å². The van der Waals surface area contributed by atoms with Gasteiger partial charge >= 0.3 is 5.97 Å². The molecule has 4 amide bonds. The van der Waals surface area contributed by atoms with Gasteiger partial charge in [0, 0.05) is 6.42 Å². The number of hydrogen-bond acceptors (Lipinski definition) is 6. The third-order valence-corrected chi connectivity index (χ3v) is 6.40. The van der Waals surface area contributed by atoms with E-state index in [1.165, 1.54) is 41.5 Å². The topological polar surface area (TPSA) is 143 Å². The Balaban J connectivity index is 2.53. The Kier molecular flexibility index (Phi) is 8.17. The lowest BCUT2D eigenvalue weighted by atomic mass is 9.89. The largest absolute Gasteiger partial charge is 0.463 e. The van der Waals surface area contributed by atoms with Crippen LogP contribution >= 0.6 is 0 Å². The molecule has 37 heavy (non-hydrogen) atoms. The predicted molar refractivity (Wildman–Crippen MR) is 138 cm³/mol. The predicted octanol–water partition coefficient (Wildman–Crippen LogP) is 1.37. The lowest BCUT2D eigenvalue weighted by Crippen LogP contribution is -2.68. The Labute approximate surface area is 218 Å². The van der Waals surface area contributed by atoms with Crippen LogP contribution in [0.25, 0.3) is 0 Å². The van der Waals surface area contributed by atoms with Crippen LogP contribution in [-0.4, -0.2) is 58.4 Å². The summed E-state index contributed by atoms with van der Waals surface area (Å²) in [6.07, 6.45) is 0.115. The molecule has 1 aromatic rings. The summed E-state index contributed by atoms with van der Waals surface area (Å²) in [5.74, 6) is -3.11. The smallest absolute Gasteiger partial charge is 0.331 e. The minimum absolute atomic E-state index is 0.115. The lowest BCUT2D eigenvalue weighted by molar-refractivity contribution is -0.159. The first kappa shape index (κ1) is 29.8. The third kappa shape index (κ3) is 7.08. The fraction of sp³-hybridized carbons (Fsp3) is 0.593. The highest BCUT2D eigenvalue weighted by Crippen LogP contribution is 2.23. The first-order chi connectivity index (χ1) is 16.7. The molecule has 0 aliphatic carbocycles. The SMILES string of the molecule is CC1(C)COC(=O)C(C)(Cc2ccccc2)NC(=O)C(C)(C)NC(=O)C(C)(C)NC(=O)C(C)(C)NC1=O. The maximum Gasteiger partial charge on any atom is 0.331 e. The van der Waals surface area contributed by atoms with Crippen molar-refractivity contribution in [3.8, 4) is 0 Å². The van der Waals surface area contributed by atoms with Gasteiger partial charge in [0.2, 0.25) is 23.6 Å². The molecule has 1 saturated heterocycles. The highest BCUT2D eigenvalue weighted by molar-refractivity contribution is 6.00. The van der Waals surface area contributed by atoms with Crippen molar-refractivity contribution in [1.29, 1.82) is 0 Å². The van der Waals surface area contributed by atoms with E-state index in [1.807, 2.05) is 30.3 Å². The molecule has 1 aliphatic heterocycles. The second kappa shape index (κ2) is 10.1. The zero-order valence-electron chi connectivity index (χ0n) is 23.3. The van der Waals surface area contributed by atoms with Crippen molar-refractivity contribution < 1.29 is 28.7 Å². The zero-order chi connectivity index (χ0) is 28.4. The molecule has 10 nitrogen and oxygen atoms in total. The van der Waals surface area contributed by atoms with Crippen molar-refractivity contribution in [2.75, 3.05) is 6.61 Å². The van der Waals surface area contributed by atoms with Crippen LogP contribution < -0.4 is 21.3 Å². The van der Waals surface area contributed by atoms with Gasteiger partial charge in [-0.15, -0.1) is 0 Å². The average molecular weight is 517 g/mol. The molecule has 2 rings (SSSR count). The molecular weight excluding hydrogens is 476 g/mol. The molecule has 204 valence electrons. The summed E-state index contributed by atoms with van der Waals surface area (Å²) in [4.78, 5) is 66.0. The summed E-state index contributed by atoms with van der Waals surface area (Å²) in [7, 11) is 0. The second-order valence-electron chi connectivity index (χ2n) is 12.1. The standard InChI is InChI=1S/C27H40N4O6/c1-23(2)16-37-22(36)27(9,15-17-13-11-10-12-14-17)31-21(35)26(7,8)30-20(34)25(5,6)29-19(33)24(3,4)28-18(23)32/h10-14H,15-16H2,1-9H3,(H,28,32)(H,29,33)(H,30,34)(H,31,35). The van der Waals surface area contributed by atoms with Crippen LogP contribution in [0.3, 0.4) is 0 Å². The van der Waals surface area contributed by atoms with Crippen molar-refractivity contribution >= 4 is 29.6 Å². The van der Waals surface area contributed by atoms with Gasteiger partial charge in [-0.25, -0.2) is 4.79 Å². The van der Waals surface area contributed by atoms with Gasteiger partial charge in [-0.05, 0) is 67.9 Å². The molecule has 4 N–H and O–H groups in total. The van der Waals surface area contributed by atoms with Gasteiger partial charge in [0.1, 0.15) is 28.8 Å². The first-order valence-corrected chi connectivity index (χ1v) is 12.2. The summed E-state index contributed by atoms with van der Waals surface area (Å²) >= 11 is 0. The molecule has 0 spiro atoms. The Morgan fingerprint density at radius 2 is 1.03 bits per heavy atom. The van der Waals surface area contributed by atoms with Crippen LogP contribution in [0.4, 0.5) is 0 Å². The van der Waals surface area contributed by atoms with E-state index in [4.69, 9.17) is 4.74 Å². The molecule has 1 aliphatic rings. The minimum Gasteiger partial charge on any atom is -0.463 e. The number of amides is 4. The van der Waals surface area contributed by atoms with Gasteiger partial charge in [-0.1, -0.05) is 30.3 Å². The van der Waals surface area contributed by atoms with Crippen molar-refractivity contribution in [1.82, 2.24) is 21.3 Å². The molecule has 1 heterocycles. The Morgan fingerprint density at radius 3 is 1.49 bits per heavy atom. The van der Waals surface area contributed by atoms with Gasteiger partial charge in [0.25, 0.3) is 0 Å². The van der Waals surface area contributed by atoms with E-state index < -0.39 is 57.2 Å². The van der Waals surface area contributed by atoms with Crippen LogP contribution in [0.2, 0.25) is 0 Å². The van der Waals surface area contributed by atoms with Crippen LogP contribution in [0.15, 0.2) is 30.3 Å². The monoisotopic (exact) mass is 516 g/mol. The molecule has 1 unspecified atom stereocenters. The van der Waals surface area contributed by atoms with Crippen molar-refractivity contribution in [2.45, 2.75) is 90.9 Å². The van der Waals surface area contributed by atoms with E-state index in [1.54, 1.807) is 20.8 Å². The number of rotatable bonds is 2. The molecule has 0 saturated carbocycles. The summed E-state index contributed by atoms with van der Waals surface area (Å²) in [5, 5.41) is 10.8. The quantitative estimate of drug-likeness (QED) is 0.438. The number of nitrogens with one attached hydrogen (secondary N) is 4. The van der Waals surface area contributed by atoms with Crippen molar-refractivity contribution in [3.05, 3.63) is 35.9 Å². The fourth-order valence-corrected chi connectivity index (χ4v) is 3.55. The zero-order valence-corrected chi connectivity index (χ0v) is 23.3. The maximum absolute atomic E-state index is 13.4. The van der Waals surface area contributed by atoms with Gasteiger partial charge in [0.05, 0.1) is 5.41 Å². The average Bonchev–Trinajstić information content (AvgIpc) is 2.76. The highest BCUT2D eigenvalue weighted by Gasteiger charge is 2.45. The van der Waals surface area contributed by atoms with Gasteiger partial charge in [-0.2, -0.15) is 0 Å². The van der Waals surface area contributed by atoms with E-state index in [0.29, 0.717) is 0 Å². The Hall–Kier alpha value is -3.43. The number of hydrogen-bond donors (Lipinski definition) is 4. The first-order valence-electron chi connectivity index (χ1n) is 12.2. The molecule has 1 aromatic carbocycles. The summed E-state index contributed by atoms with van der Waals surface area (Å²) < 4.78 is 5.58. The normalized spacial score (nSPS) is 26.1.